The molecule has 2 heterocycles. The van der Waals surface area contributed by atoms with E-state index in [-0.39, 0.29) is 11.6 Å². The Morgan fingerprint density at radius 3 is 2.94 bits per heavy atom. The van der Waals surface area contributed by atoms with Crippen molar-refractivity contribution in [1.29, 1.82) is 0 Å². The van der Waals surface area contributed by atoms with Gasteiger partial charge in [0.05, 0.1) is 13.1 Å². The van der Waals surface area contributed by atoms with Gasteiger partial charge in [0.25, 0.3) is 0 Å². The van der Waals surface area contributed by atoms with Crippen molar-refractivity contribution in [3.63, 3.8) is 0 Å². The fourth-order valence-corrected chi connectivity index (χ4v) is 1.69. The first kappa shape index (κ1) is 10.9. The predicted octanol–water partition coefficient (Wildman–Crippen LogP) is -1.52. The van der Waals surface area contributed by atoms with Crippen molar-refractivity contribution in [2.24, 2.45) is 0 Å². The lowest BCUT2D eigenvalue weighted by Crippen LogP contribution is -2.42. The number of likely N-dealkylation sites (N-methyl/N-ethyl adjacent to an activating group) is 1. The number of amides is 1. The lowest BCUT2D eigenvalue weighted by Gasteiger charge is -2.26. The van der Waals surface area contributed by atoms with E-state index in [0.717, 1.165) is 0 Å². The van der Waals surface area contributed by atoms with Crippen LogP contribution in [0.4, 0.5) is 0 Å². The Labute approximate surface area is 92.6 Å². The molecule has 1 amide bonds. The summed E-state index contributed by atoms with van der Waals surface area (Å²) in [5, 5.41) is 6.33. The SMILES string of the molecule is CN(C)C(=O)CN1CCn2c(n[nH]c2=O)C1. The highest BCUT2D eigenvalue weighted by molar-refractivity contribution is 5.77. The fraction of sp³-hybridized carbons (Fsp3) is 0.667. The van der Waals surface area contributed by atoms with E-state index in [1.54, 1.807) is 23.6 Å². The van der Waals surface area contributed by atoms with Crippen LogP contribution in [-0.2, 0) is 17.9 Å². The minimum absolute atomic E-state index is 0.0614. The third-order valence-corrected chi connectivity index (χ3v) is 2.70. The van der Waals surface area contributed by atoms with Crippen molar-refractivity contribution in [1.82, 2.24) is 24.6 Å². The van der Waals surface area contributed by atoms with Gasteiger partial charge in [-0.1, -0.05) is 0 Å². The monoisotopic (exact) mass is 225 g/mol. The number of fused-ring (bicyclic) bond motifs is 1. The molecule has 0 atom stereocenters. The molecule has 7 nitrogen and oxygen atoms in total. The minimum atomic E-state index is -0.173. The molecular weight excluding hydrogens is 210 g/mol. The van der Waals surface area contributed by atoms with E-state index in [1.807, 2.05) is 4.90 Å². The van der Waals surface area contributed by atoms with Crippen LogP contribution in [0.25, 0.3) is 0 Å². The van der Waals surface area contributed by atoms with Crippen LogP contribution < -0.4 is 5.69 Å². The number of carbonyl (C=O) groups is 1. The molecule has 1 aromatic heterocycles. The van der Waals surface area contributed by atoms with E-state index in [0.29, 0.717) is 32.0 Å². The maximum Gasteiger partial charge on any atom is 0.343 e. The summed E-state index contributed by atoms with van der Waals surface area (Å²) in [6.45, 7) is 2.20. The molecular formula is C9H15N5O2. The molecule has 0 radical (unpaired) electrons. The van der Waals surface area contributed by atoms with Gasteiger partial charge in [-0.25, -0.2) is 9.89 Å². The first-order valence-corrected chi connectivity index (χ1v) is 5.14. The number of H-pyrrole nitrogens is 1. The summed E-state index contributed by atoms with van der Waals surface area (Å²) in [5.74, 6) is 0.758. The second-order valence-corrected chi connectivity index (χ2v) is 4.10. The van der Waals surface area contributed by atoms with Crippen LogP contribution in [0.1, 0.15) is 5.82 Å². The van der Waals surface area contributed by atoms with E-state index in [1.165, 1.54) is 0 Å². The summed E-state index contributed by atoms with van der Waals surface area (Å²) in [6.07, 6.45) is 0. The topological polar surface area (TPSA) is 74.2 Å². The molecule has 88 valence electrons. The van der Waals surface area contributed by atoms with Gasteiger partial charge in [-0.2, -0.15) is 5.10 Å². The van der Waals surface area contributed by atoms with Crippen LogP contribution in [0.2, 0.25) is 0 Å². The van der Waals surface area contributed by atoms with Crippen LogP contribution in [0.5, 0.6) is 0 Å². The van der Waals surface area contributed by atoms with Crippen molar-refractivity contribution in [2.75, 3.05) is 27.2 Å². The number of rotatable bonds is 2. The summed E-state index contributed by atoms with van der Waals surface area (Å²) >= 11 is 0. The first-order valence-electron chi connectivity index (χ1n) is 5.14. The number of carbonyl (C=O) groups excluding carboxylic acids is 1. The third-order valence-electron chi connectivity index (χ3n) is 2.70. The summed E-state index contributed by atoms with van der Waals surface area (Å²) in [6, 6.07) is 0. The van der Waals surface area contributed by atoms with Gasteiger partial charge < -0.3 is 4.90 Å². The van der Waals surface area contributed by atoms with E-state index in [4.69, 9.17) is 0 Å². The highest BCUT2D eigenvalue weighted by Gasteiger charge is 2.21. The van der Waals surface area contributed by atoms with E-state index >= 15 is 0 Å². The Balaban J connectivity index is 2.03. The molecule has 2 rings (SSSR count). The molecule has 0 aliphatic carbocycles. The van der Waals surface area contributed by atoms with Crippen molar-refractivity contribution in [3.8, 4) is 0 Å². The van der Waals surface area contributed by atoms with Crippen LogP contribution in [-0.4, -0.2) is 57.7 Å². The summed E-state index contributed by atoms with van der Waals surface area (Å²) in [4.78, 5) is 26.3. The van der Waals surface area contributed by atoms with Gasteiger partial charge in [0.2, 0.25) is 5.91 Å². The molecule has 0 unspecified atom stereocenters. The smallest absolute Gasteiger partial charge is 0.343 e. The van der Waals surface area contributed by atoms with Crippen molar-refractivity contribution < 1.29 is 4.79 Å². The Hall–Kier alpha value is -1.63. The number of aromatic amines is 1. The zero-order valence-corrected chi connectivity index (χ0v) is 9.43. The van der Waals surface area contributed by atoms with Crippen LogP contribution in [0, 0.1) is 0 Å². The van der Waals surface area contributed by atoms with Gasteiger partial charge in [0.15, 0.2) is 0 Å². The van der Waals surface area contributed by atoms with Gasteiger partial charge in [0, 0.05) is 27.2 Å². The van der Waals surface area contributed by atoms with E-state index in [2.05, 4.69) is 10.2 Å². The number of hydrogen-bond acceptors (Lipinski definition) is 4. The average molecular weight is 225 g/mol. The number of nitrogens with one attached hydrogen (secondary N) is 1. The Bertz CT molecular complexity index is 447. The van der Waals surface area contributed by atoms with Gasteiger partial charge >= 0.3 is 5.69 Å². The summed E-state index contributed by atoms with van der Waals surface area (Å²) in [5.41, 5.74) is -0.173. The third kappa shape index (κ3) is 1.99. The largest absolute Gasteiger partial charge is 0.348 e. The van der Waals surface area contributed by atoms with E-state index in [9.17, 15) is 9.59 Å². The van der Waals surface area contributed by atoms with Crippen LogP contribution in [0.15, 0.2) is 4.79 Å². The Morgan fingerprint density at radius 1 is 1.50 bits per heavy atom. The fourth-order valence-electron chi connectivity index (χ4n) is 1.69. The molecule has 1 N–H and O–H groups in total. The average Bonchev–Trinajstić information content (AvgIpc) is 2.60. The van der Waals surface area contributed by atoms with E-state index < -0.39 is 0 Å². The molecule has 7 heteroatoms. The number of hydrogen-bond donors (Lipinski definition) is 1. The van der Waals surface area contributed by atoms with Gasteiger partial charge in [0.1, 0.15) is 5.82 Å². The molecule has 1 aromatic rings. The standard InChI is InChI=1S/C9H15N5O2/c1-12(2)8(15)6-13-3-4-14-7(5-13)10-11-9(14)16/h3-6H2,1-2H3,(H,11,16). The van der Waals surface area contributed by atoms with Gasteiger partial charge in [-0.15, -0.1) is 0 Å². The highest BCUT2D eigenvalue weighted by atomic mass is 16.2. The molecule has 0 bridgehead atoms. The molecule has 0 spiro atoms. The highest BCUT2D eigenvalue weighted by Crippen LogP contribution is 2.06. The number of aromatic nitrogens is 3. The lowest BCUT2D eigenvalue weighted by molar-refractivity contribution is -0.130. The quantitative estimate of drug-likeness (QED) is 0.663. The minimum Gasteiger partial charge on any atom is -0.348 e. The maximum absolute atomic E-state index is 11.5. The van der Waals surface area contributed by atoms with Crippen molar-refractivity contribution in [3.05, 3.63) is 16.3 Å². The predicted molar refractivity (Wildman–Crippen MR) is 56.8 cm³/mol. The second kappa shape index (κ2) is 4.09. The molecule has 0 saturated carbocycles. The molecule has 0 aromatic carbocycles. The van der Waals surface area contributed by atoms with Crippen LogP contribution >= 0.6 is 0 Å². The first-order chi connectivity index (χ1) is 7.58. The summed E-state index contributed by atoms with van der Waals surface area (Å²) < 4.78 is 1.61. The molecule has 16 heavy (non-hydrogen) atoms. The summed E-state index contributed by atoms with van der Waals surface area (Å²) in [7, 11) is 3.47. The molecule has 0 saturated heterocycles. The molecule has 1 aliphatic heterocycles. The Kier molecular flexibility index (Phi) is 2.78. The lowest BCUT2D eigenvalue weighted by atomic mass is 10.3. The number of nitrogens with zero attached hydrogens (tertiary/aromatic N) is 4. The van der Waals surface area contributed by atoms with Gasteiger partial charge in [-0.05, 0) is 0 Å². The van der Waals surface area contributed by atoms with Crippen molar-refractivity contribution in [2.45, 2.75) is 13.1 Å². The molecule has 1 aliphatic rings. The zero-order chi connectivity index (χ0) is 11.7. The van der Waals surface area contributed by atoms with Crippen LogP contribution in [0.3, 0.4) is 0 Å². The normalized spacial score (nSPS) is 15.9. The maximum atomic E-state index is 11.5. The Morgan fingerprint density at radius 2 is 2.25 bits per heavy atom. The second-order valence-electron chi connectivity index (χ2n) is 4.10. The van der Waals surface area contributed by atoms with Gasteiger partial charge in [-0.3, -0.25) is 14.3 Å². The van der Waals surface area contributed by atoms with Crippen molar-refractivity contribution >= 4 is 5.91 Å². The molecule has 0 fully saturated rings. The zero-order valence-electron chi connectivity index (χ0n) is 9.43.